The Hall–Kier alpha value is -1.20. The van der Waals surface area contributed by atoms with Crippen LogP contribution in [0.1, 0.15) is 12.0 Å². The fourth-order valence-corrected chi connectivity index (χ4v) is 2.52. The van der Waals surface area contributed by atoms with Crippen LogP contribution in [0.4, 0.5) is 0 Å². The molecule has 0 heterocycles. The average molecular weight is 269 g/mol. The highest BCUT2D eigenvalue weighted by Crippen LogP contribution is 2.19. The quantitative estimate of drug-likeness (QED) is 0.704. The predicted octanol–water partition coefficient (Wildman–Crippen LogP) is 1.77. The number of aryl methyl sites for hydroxylation is 1. The highest BCUT2D eigenvalue weighted by atomic mass is 32.2. The number of rotatable bonds is 8. The molecule has 100 valence electrons. The lowest BCUT2D eigenvalue weighted by atomic mass is 10.1. The fraction of sp³-hybridized carbons (Fsp3) is 0.462. The molecule has 0 aromatic heterocycles. The molecule has 1 aromatic rings. The Labute approximate surface area is 112 Å². The molecular weight excluding hydrogens is 250 g/mol. The second kappa shape index (κ2) is 8.00. The third kappa shape index (κ3) is 4.98. The Kier molecular flexibility index (Phi) is 6.60. The van der Waals surface area contributed by atoms with Crippen molar-refractivity contribution >= 4 is 17.7 Å². The van der Waals surface area contributed by atoms with Crippen LogP contribution in [0.25, 0.3) is 0 Å². The van der Waals surface area contributed by atoms with Gasteiger partial charge in [0.1, 0.15) is 11.8 Å². The van der Waals surface area contributed by atoms with Gasteiger partial charge in [-0.15, -0.1) is 0 Å². The molecule has 4 nitrogen and oxygen atoms in total. The zero-order valence-electron chi connectivity index (χ0n) is 10.5. The number of hydrogen-bond acceptors (Lipinski definition) is 4. The lowest BCUT2D eigenvalue weighted by Crippen LogP contribution is -2.30. The van der Waals surface area contributed by atoms with Crippen LogP contribution in [0.3, 0.4) is 0 Å². The largest absolute Gasteiger partial charge is 0.496 e. The number of hydrogen-bond donors (Lipinski definition) is 2. The molecule has 0 bridgehead atoms. The maximum absolute atomic E-state index is 10.5. The summed E-state index contributed by atoms with van der Waals surface area (Å²) in [5.41, 5.74) is 6.60. The zero-order chi connectivity index (χ0) is 13.4. The summed E-state index contributed by atoms with van der Waals surface area (Å²) >= 11 is 1.71. The van der Waals surface area contributed by atoms with Crippen molar-refractivity contribution in [3.8, 4) is 5.75 Å². The lowest BCUT2D eigenvalue weighted by Gasteiger charge is -2.08. The Morgan fingerprint density at radius 1 is 1.44 bits per heavy atom. The molecule has 0 aliphatic carbocycles. The summed E-state index contributed by atoms with van der Waals surface area (Å²) < 4.78 is 5.27. The van der Waals surface area contributed by atoms with Gasteiger partial charge in [-0.1, -0.05) is 18.2 Å². The maximum Gasteiger partial charge on any atom is 0.320 e. The van der Waals surface area contributed by atoms with Crippen molar-refractivity contribution in [3.63, 3.8) is 0 Å². The van der Waals surface area contributed by atoms with Gasteiger partial charge < -0.3 is 15.6 Å². The van der Waals surface area contributed by atoms with E-state index in [4.69, 9.17) is 15.6 Å². The van der Waals surface area contributed by atoms with E-state index in [1.807, 2.05) is 24.3 Å². The van der Waals surface area contributed by atoms with Crippen molar-refractivity contribution < 1.29 is 14.6 Å². The highest BCUT2D eigenvalue weighted by Gasteiger charge is 2.10. The van der Waals surface area contributed by atoms with Gasteiger partial charge in [0.2, 0.25) is 0 Å². The molecule has 0 spiro atoms. The number of carboxylic acids is 1. The minimum Gasteiger partial charge on any atom is -0.496 e. The third-order valence-corrected chi connectivity index (χ3v) is 3.62. The van der Waals surface area contributed by atoms with E-state index >= 15 is 0 Å². The second-order valence-corrected chi connectivity index (χ2v) is 5.13. The summed E-state index contributed by atoms with van der Waals surface area (Å²) in [6.07, 6.45) is 1.42. The SMILES string of the molecule is COc1ccccc1CCSCC[C@H](N)C(=O)O. The number of methoxy groups -OCH3 is 1. The van der Waals surface area contributed by atoms with Crippen molar-refractivity contribution in [2.24, 2.45) is 5.73 Å². The van der Waals surface area contributed by atoms with E-state index < -0.39 is 12.0 Å². The molecule has 0 saturated heterocycles. The van der Waals surface area contributed by atoms with Gasteiger partial charge in [0.05, 0.1) is 7.11 Å². The summed E-state index contributed by atoms with van der Waals surface area (Å²) in [6, 6.07) is 7.18. The van der Waals surface area contributed by atoms with Crippen molar-refractivity contribution in [1.82, 2.24) is 0 Å². The molecule has 3 N–H and O–H groups in total. The zero-order valence-corrected chi connectivity index (χ0v) is 11.3. The molecule has 1 atom stereocenters. The normalized spacial score (nSPS) is 12.1. The van der Waals surface area contributed by atoms with Gasteiger partial charge in [-0.25, -0.2) is 0 Å². The third-order valence-electron chi connectivity index (χ3n) is 2.60. The summed E-state index contributed by atoms with van der Waals surface area (Å²) in [7, 11) is 1.66. The van der Waals surface area contributed by atoms with E-state index in [-0.39, 0.29) is 0 Å². The summed E-state index contributed by atoms with van der Waals surface area (Å²) in [5, 5.41) is 8.63. The molecule has 0 fully saturated rings. The molecular formula is C13H19NO3S. The van der Waals surface area contributed by atoms with Crippen molar-refractivity contribution in [1.29, 1.82) is 0 Å². The molecule has 1 aromatic carbocycles. The molecule has 0 saturated carbocycles. The van der Waals surface area contributed by atoms with Crippen LogP contribution in [0.5, 0.6) is 5.75 Å². The van der Waals surface area contributed by atoms with Crippen LogP contribution in [0.15, 0.2) is 24.3 Å². The first kappa shape index (κ1) is 14.9. The van der Waals surface area contributed by atoms with Crippen LogP contribution in [0, 0.1) is 0 Å². The summed E-state index contributed by atoms with van der Waals surface area (Å²) in [6.45, 7) is 0. The van der Waals surface area contributed by atoms with E-state index in [0.29, 0.717) is 6.42 Å². The number of benzene rings is 1. The average Bonchev–Trinajstić information content (AvgIpc) is 2.38. The number of aliphatic carboxylic acids is 1. The van der Waals surface area contributed by atoms with Gasteiger partial charge in [0.25, 0.3) is 0 Å². The first-order valence-electron chi connectivity index (χ1n) is 5.83. The molecule has 0 aliphatic rings. The van der Waals surface area contributed by atoms with E-state index in [1.54, 1.807) is 18.9 Å². The number of nitrogens with two attached hydrogens (primary N) is 1. The smallest absolute Gasteiger partial charge is 0.320 e. The molecule has 0 radical (unpaired) electrons. The summed E-state index contributed by atoms with van der Waals surface area (Å²) in [4.78, 5) is 10.5. The van der Waals surface area contributed by atoms with E-state index in [1.165, 1.54) is 5.56 Å². The molecule has 18 heavy (non-hydrogen) atoms. The monoisotopic (exact) mass is 269 g/mol. The van der Waals surface area contributed by atoms with Crippen LogP contribution < -0.4 is 10.5 Å². The minimum absolute atomic E-state index is 0.506. The number of para-hydroxylation sites is 1. The topological polar surface area (TPSA) is 72.5 Å². The van der Waals surface area contributed by atoms with Gasteiger partial charge in [-0.3, -0.25) is 4.79 Å². The van der Waals surface area contributed by atoms with Gasteiger partial charge in [0.15, 0.2) is 0 Å². The number of ether oxygens (including phenoxy) is 1. The van der Waals surface area contributed by atoms with Crippen LogP contribution in [0.2, 0.25) is 0 Å². The Morgan fingerprint density at radius 3 is 2.83 bits per heavy atom. The second-order valence-electron chi connectivity index (χ2n) is 3.91. The molecule has 5 heteroatoms. The fourth-order valence-electron chi connectivity index (χ4n) is 1.53. The first-order chi connectivity index (χ1) is 8.65. The van der Waals surface area contributed by atoms with Gasteiger partial charge in [0, 0.05) is 0 Å². The van der Waals surface area contributed by atoms with Gasteiger partial charge >= 0.3 is 5.97 Å². The highest BCUT2D eigenvalue weighted by molar-refractivity contribution is 7.99. The van der Waals surface area contributed by atoms with Gasteiger partial charge in [-0.2, -0.15) is 11.8 Å². The minimum atomic E-state index is -0.930. The summed E-state index contributed by atoms with van der Waals surface area (Å²) in [5.74, 6) is 1.68. The molecule has 0 unspecified atom stereocenters. The van der Waals surface area contributed by atoms with Crippen LogP contribution >= 0.6 is 11.8 Å². The van der Waals surface area contributed by atoms with Gasteiger partial charge in [-0.05, 0) is 36.0 Å². The van der Waals surface area contributed by atoms with E-state index in [0.717, 1.165) is 23.7 Å². The first-order valence-corrected chi connectivity index (χ1v) is 6.98. The molecule has 0 amide bonds. The predicted molar refractivity (Wildman–Crippen MR) is 74.3 cm³/mol. The van der Waals surface area contributed by atoms with Crippen LogP contribution in [-0.4, -0.2) is 35.7 Å². The Morgan fingerprint density at radius 2 is 2.17 bits per heavy atom. The molecule has 1 rings (SSSR count). The van der Waals surface area contributed by atoms with E-state index in [2.05, 4.69) is 0 Å². The Bertz CT molecular complexity index is 384. The standard InChI is InChI=1S/C13H19NO3S/c1-17-12-5-3-2-4-10(12)6-8-18-9-7-11(14)13(15)16/h2-5,11H,6-9,14H2,1H3,(H,15,16)/t11-/m0/s1. The lowest BCUT2D eigenvalue weighted by molar-refractivity contribution is -0.138. The molecule has 0 aliphatic heterocycles. The van der Waals surface area contributed by atoms with Crippen molar-refractivity contribution in [2.75, 3.05) is 18.6 Å². The van der Waals surface area contributed by atoms with Crippen molar-refractivity contribution in [3.05, 3.63) is 29.8 Å². The number of carboxylic acid groups (broad SMARTS) is 1. The number of thioether (sulfide) groups is 1. The maximum atomic E-state index is 10.5. The van der Waals surface area contributed by atoms with Crippen molar-refractivity contribution in [2.45, 2.75) is 18.9 Å². The number of carbonyl (C=O) groups is 1. The van der Waals surface area contributed by atoms with Crippen LogP contribution in [-0.2, 0) is 11.2 Å². The van der Waals surface area contributed by atoms with E-state index in [9.17, 15) is 4.79 Å². The Balaban J connectivity index is 2.24.